The number of carbonyl (C=O) groups excluding carboxylic acids is 2. The van der Waals surface area contributed by atoms with Gasteiger partial charge in [0.25, 0.3) is 5.91 Å². The number of amides is 1. The maximum Gasteiger partial charge on any atom is 0.361 e. The van der Waals surface area contributed by atoms with Gasteiger partial charge in [-0.3, -0.25) is 9.78 Å². The van der Waals surface area contributed by atoms with Crippen molar-refractivity contribution < 1.29 is 14.3 Å². The molecule has 2 heterocycles. The van der Waals surface area contributed by atoms with E-state index in [0.29, 0.717) is 5.56 Å². The van der Waals surface area contributed by atoms with Crippen molar-refractivity contribution in [3.05, 3.63) is 35.8 Å². The standard InChI is InChI=1S/C10H8N4O3S.ClH/c1-17-10(16)7-9(18-14-13-7)12-8(15)6-2-4-11-5-3-6;/h2-5H,1H3,(H,12,15);1H. The Hall–Kier alpha value is -2.06. The van der Waals surface area contributed by atoms with Crippen LogP contribution in [-0.4, -0.2) is 33.6 Å². The van der Waals surface area contributed by atoms with Crippen molar-refractivity contribution in [1.82, 2.24) is 14.6 Å². The molecule has 0 fully saturated rings. The lowest BCUT2D eigenvalue weighted by Gasteiger charge is -2.02. The highest BCUT2D eigenvalue weighted by Gasteiger charge is 2.19. The van der Waals surface area contributed by atoms with Crippen LogP contribution in [0.1, 0.15) is 20.8 Å². The molecule has 0 saturated carbocycles. The molecule has 0 saturated heterocycles. The zero-order chi connectivity index (χ0) is 13.0. The van der Waals surface area contributed by atoms with E-state index in [1.165, 1.54) is 19.5 Å². The van der Waals surface area contributed by atoms with Gasteiger partial charge in [0.2, 0.25) is 5.69 Å². The summed E-state index contributed by atoms with van der Waals surface area (Å²) in [6, 6.07) is 3.11. The second-order valence-electron chi connectivity index (χ2n) is 3.13. The van der Waals surface area contributed by atoms with Crippen LogP contribution in [0.3, 0.4) is 0 Å². The first kappa shape index (κ1) is 15.0. The predicted octanol–water partition coefficient (Wildman–Crippen LogP) is 1.39. The van der Waals surface area contributed by atoms with Crippen LogP contribution < -0.4 is 5.32 Å². The van der Waals surface area contributed by atoms with E-state index in [4.69, 9.17) is 0 Å². The second kappa shape index (κ2) is 6.76. The number of ether oxygens (including phenoxy) is 1. The molecule has 0 aromatic carbocycles. The Kier molecular flexibility index (Phi) is 5.34. The van der Waals surface area contributed by atoms with Crippen molar-refractivity contribution in [3.8, 4) is 0 Å². The normalized spacial score (nSPS) is 9.32. The van der Waals surface area contributed by atoms with E-state index >= 15 is 0 Å². The van der Waals surface area contributed by atoms with Crippen LogP contribution in [0.4, 0.5) is 5.00 Å². The molecule has 2 aromatic heterocycles. The molecule has 100 valence electrons. The number of hydrogen-bond acceptors (Lipinski definition) is 7. The summed E-state index contributed by atoms with van der Waals surface area (Å²) in [6.07, 6.45) is 3.00. The van der Waals surface area contributed by atoms with Gasteiger partial charge in [-0.25, -0.2) is 4.79 Å². The van der Waals surface area contributed by atoms with Crippen molar-refractivity contribution >= 4 is 40.8 Å². The molecule has 7 nitrogen and oxygen atoms in total. The van der Waals surface area contributed by atoms with E-state index in [9.17, 15) is 9.59 Å². The summed E-state index contributed by atoms with van der Waals surface area (Å²) in [5.41, 5.74) is 0.416. The molecule has 0 aliphatic heterocycles. The summed E-state index contributed by atoms with van der Waals surface area (Å²) < 4.78 is 8.13. The Bertz CT molecular complexity index is 575. The fourth-order valence-electron chi connectivity index (χ4n) is 1.18. The van der Waals surface area contributed by atoms with Crippen molar-refractivity contribution in [2.75, 3.05) is 12.4 Å². The SMILES string of the molecule is COC(=O)c1nnsc1NC(=O)c1ccncc1.Cl. The molecule has 0 atom stereocenters. The van der Waals surface area contributed by atoms with E-state index in [-0.39, 0.29) is 29.0 Å². The van der Waals surface area contributed by atoms with E-state index < -0.39 is 5.97 Å². The third-order valence-electron chi connectivity index (χ3n) is 2.04. The van der Waals surface area contributed by atoms with Crippen molar-refractivity contribution in [3.63, 3.8) is 0 Å². The quantitative estimate of drug-likeness (QED) is 0.861. The van der Waals surface area contributed by atoms with Crippen LogP contribution in [0, 0.1) is 0 Å². The van der Waals surface area contributed by atoms with E-state index in [1.54, 1.807) is 12.1 Å². The van der Waals surface area contributed by atoms with Crippen LogP contribution >= 0.6 is 23.9 Å². The molecule has 0 radical (unpaired) electrons. The van der Waals surface area contributed by atoms with Crippen LogP contribution in [0.25, 0.3) is 0 Å². The molecule has 0 unspecified atom stereocenters. The largest absolute Gasteiger partial charge is 0.464 e. The van der Waals surface area contributed by atoms with Gasteiger partial charge in [-0.05, 0) is 12.1 Å². The molecule has 1 amide bonds. The van der Waals surface area contributed by atoms with Gasteiger partial charge in [0.15, 0.2) is 5.00 Å². The highest BCUT2D eigenvalue weighted by atomic mass is 35.5. The number of halogens is 1. The van der Waals surface area contributed by atoms with Crippen LogP contribution in [0.2, 0.25) is 0 Å². The Morgan fingerprint density at radius 1 is 1.32 bits per heavy atom. The molecule has 2 rings (SSSR count). The second-order valence-corrected chi connectivity index (χ2v) is 3.89. The number of carbonyl (C=O) groups is 2. The van der Waals surface area contributed by atoms with Crippen molar-refractivity contribution in [2.24, 2.45) is 0 Å². The molecule has 0 aliphatic carbocycles. The number of esters is 1. The first-order valence-corrected chi connectivity index (χ1v) is 5.61. The number of anilines is 1. The maximum atomic E-state index is 11.8. The van der Waals surface area contributed by atoms with Gasteiger partial charge in [0.05, 0.1) is 7.11 Å². The van der Waals surface area contributed by atoms with Crippen molar-refractivity contribution in [2.45, 2.75) is 0 Å². The Labute approximate surface area is 118 Å². The highest BCUT2D eigenvalue weighted by molar-refractivity contribution is 7.10. The number of nitrogens with one attached hydrogen (secondary N) is 1. The number of methoxy groups -OCH3 is 1. The lowest BCUT2D eigenvalue weighted by Crippen LogP contribution is -2.14. The molecule has 19 heavy (non-hydrogen) atoms. The predicted molar refractivity (Wildman–Crippen MR) is 70.7 cm³/mol. The van der Waals surface area contributed by atoms with Gasteiger partial charge in [-0.2, -0.15) is 0 Å². The minimum absolute atomic E-state index is 0. The summed E-state index contributed by atoms with van der Waals surface area (Å²) in [5.74, 6) is -1.01. The average molecular weight is 301 g/mol. The number of nitrogens with zero attached hydrogens (tertiary/aromatic N) is 3. The number of pyridine rings is 1. The topological polar surface area (TPSA) is 94.1 Å². The summed E-state index contributed by atoms with van der Waals surface area (Å²) in [4.78, 5) is 27.0. The first-order valence-electron chi connectivity index (χ1n) is 4.84. The van der Waals surface area contributed by atoms with E-state index in [0.717, 1.165) is 11.5 Å². The summed E-state index contributed by atoms with van der Waals surface area (Å²) >= 11 is 0.907. The molecule has 0 spiro atoms. The lowest BCUT2D eigenvalue weighted by atomic mass is 10.2. The molecule has 1 N–H and O–H groups in total. The summed E-state index contributed by atoms with van der Waals surface area (Å²) in [5, 5.41) is 6.40. The van der Waals surface area contributed by atoms with E-state index in [2.05, 4.69) is 24.6 Å². The Morgan fingerprint density at radius 2 is 2.00 bits per heavy atom. The van der Waals surface area contributed by atoms with Gasteiger partial charge in [0.1, 0.15) is 0 Å². The fourth-order valence-corrected chi connectivity index (χ4v) is 1.73. The van der Waals surface area contributed by atoms with Crippen LogP contribution in [0.15, 0.2) is 24.5 Å². The fraction of sp³-hybridized carbons (Fsp3) is 0.100. The minimum atomic E-state index is -0.645. The summed E-state index contributed by atoms with van der Waals surface area (Å²) in [6.45, 7) is 0. The first-order chi connectivity index (χ1) is 8.72. The molecule has 0 bridgehead atoms. The highest BCUT2D eigenvalue weighted by Crippen LogP contribution is 2.19. The zero-order valence-electron chi connectivity index (χ0n) is 9.69. The number of hydrogen-bond donors (Lipinski definition) is 1. The third-order valence-corrected chi connectivity index (χ3v) is 2.68. The monoisotopic (exact) mass is 300 g/mol. The molecule has 0 aliphatic rings. The molecular formula is C10H9ClN4O3S. The Morgan fingerprint density at radius 3 is 2.63 bits per heavy atom. The minimum Gasteiger partial charge on any atom is -0.464 e. The average Bonchev–Trinajstić information content (AvgIpc) is 2.87. The van der Waals surface area contributed by atoms with Crippen LogP contribution in [-0.2, 0) is 4.74 Å². The molecular weight excluding hydrogens is 292 g/mol. The zero-order valence-corrected chi connectivity index (χ0v) is 11.3. The van der Waals surface area contributed by atoms with Gasteiger partial charge in [-0.1, -0.05) is 4.49 Å². The van der Waals surface area contributed by atoms with Crippen molar-refractivity contribution in [1.29, 1.82) is 0 Å². The lowest BCUT2D eigenvalue weighted by molar-refractivity contribution is 0.0595. The number of aromatic nitrogens is 3. The summed E-state index contributed by atoms with van der Waals surface area (Å²) in [7, 11) is 1.23. The smallest absolute Gasteiger partial charge is 0.361 e. The van der Waals surface area contributed by atoms with Crippen LogP contribution in [0.5, 0.6) is 0 Å². The molecule has 2 aromatic rings. The van der Waals surface area contributed by atoms with Gasteiger partial charge < -0.3 is 10.1 Å². The Balaban J connectivity index is 0.00000180. The number of rotatable bonds is 3. The van der Waals surface area contributed by atoms with Gasteiger partial charge in [-0.15, -0.1) is 17.5 Å². The van der Waals surface area contributed by atoms with E-state index in [1.807, 2.05) is 0 Å². The maximum absolute atomic E-state index is 11.8. The third kappa shape index (κ3) is 3.46. The molecule has 9 heteroatoms. The van der Waals surface area contributed by atoms with Gasteiger partial charge in [0, 0.05) is 29.5 Å². The van der Waals surface area contributed by atoms with Gasteiger partial charge >= 0.3 is 5.97 Å².